The van der Waals surface area contributed by atoms with Crippen LogP contribution < -0.4 is 0 Å². The Hall–Kier alpha value is -1.06. The van der Waals surface area contributed by atoms with Crippen molar-refractivity contribution in [3.05, 3.63) is 0 Å². The lowest BCUT2D eigenvalue weighted by molar-refractivity contribution is -0.151. The van der Waals surface area contributed by atoms with Gasteiger partial charge < -0.3 is 9.47 Å². The molecule has 1 rings (SSSR count). The first kappa shape index (κ1) is 16.0. The van der Waals surface area contributed by atoms with Crippen molar-refractivity contribution >= 4 is 11.9 Å². The lowest BCUT2D eigenvalue weighted by Crippen LogP contribution is -2.33. The molecular weight excluding hydrogens is 244 g/mol. The van der Waals surface area contributed by atoms with Crippen molar-refractivity contribution in [2.75, 3.05) is 13.2 Å². The number of hydrogen-bond acceptors (Lipinski definition) is 4. The summed E-state index contributed by atoms with van der Waals surface area (Å²) in [5, 5.41) is 0. The van der Waals surface area contributed by atoms with E-state index in [-0.39, 0.29) is 17.4 Å². The summed E-state index contributed by atoms with van der Waals surface area (Å²) in [4.78, 5) is 23.5. The van der Waals surface area contributed by atoms with Crippen molar-refractivity contribution < 1.29 is 19.1 Å². The molecule has 0 N–H and O–H groups in total. The summed E-state index contributed by atoms with van der Waals surface area (Å²) < 4.78 is 10.1. The van der Waals surface area contributed by atoms with Gasteiger partial charge in [0.05, 0.1) is 26.1 Å². The summed E-state index contributed by atoms with van der Waals surface area (Å²) in [6.45, 7) is 6.62. The highest BCUT2D eigenvalue weighted by atomic mass is 16.5. The molecular formula is C15H26O4. The van der Waals surface area contributed by atoms with Crippen LogP contribution in [-0.2, 0) is 19.1 Å². The van der Waals surface area contributed by atoms with Gasteiger partial charge >= 0.3 is 11.9 Å². The van der Waals surface area contributed by atoms with E-state index in [9.17, 15) is 9.59 Å². The van der Waals surface area contributed by atoms with Crippen molar-refractivity contribution in [1.29, 1.82) is 0 Å². The molecule has 0 aliphatic heterocycles. The molecule has 0 aromatic heterocycles. The minimum atomic E-state index is -0.245. The Balaban J connectivity index is 2.67. The smallest absolute Gasteiger partial charge is 0.306 e. The molecule has 0 unspecified atom stereocenters. The van der Waals surface area contributed by atoms with Crippen LogP contribution in [0.25, 0.3) is 0 Å². The highest BCUT2D eigenvalue weighted by molar-refractivity contribution is 5.74. The molecule has 0 aromatic rings. The van der Waals surface area contributed by atoms with Crippen LogP contribution in [0.2, 0.25) is 0 Å². The molecule has 0 spiro atoms. The van der Waals surface area contributed by atoms with Gasteiger partial charge in [-0.2, -0.15) is 0 Å². The molecule has 1 aliphatic carbocycles. The molecule has 1 aliphatic rings. The maximum Gasteiger partial charge on any atom is 0.306 e. The average molecular weight is 270 g/mol. The Bertz CT molecular complexity index is 281. The Labute approximate surface area is 115 Å². The zero-order valence-electron chi connectivity index (χ0n) is 12.4. The minimum absolute atomic E-state index is 0.193. The predicted octanol–water partition coefficient (Wildman–Crippen LogP) is 3.09. The maximum absolute atomic E-state index is 11.8. The van der Waals surface area contributed by atoms with Crippen molar-refractivity contribution in [3.8, 4) is 0 Å². The number of rotatable bonds is 6. The lowest BCUT2D eigenvalue weighted by atomic mass is 9.67. The van der Waals surface area contributed by atoms with Crippen molar-refractivity contribution in [2.45, 2.75) is 59.3 Å². The van der Waals surface area contributed by atoms with Gasteiger partial charge in [0.2, 0.25) is 0 Å². The van der Waals surface area contributed by atoms with E-state index in [0.717, 1.165) is 25.7 Å². The van der Waals surface area contributed by atoms with Gasteiger partial charge in [-0.05, 0) is 38.0 Å². The third kappa shape index (κ3) is 5.21. The first-order chi connectivity index (χ1) is 9.01. The molecule has 0 bridgehead atoms. The van der Waals surface area contributed by atoms with Gasteiger partial charge in [0, 0.05) is 0 Å². The van der Waals surface area contributed by atoms with Gasteiger partial charge in [-0.25, -0.2) is 0 Å². The van der Waals surface area contributed by atoms with Crippen LogP contribution >= 0.6 is 0 Å². The summed E-state index contributed by atoms with van der Waals surface area (Å²) >= 11 is 0. The fourth-order valence-electron chi connectivity index (χ4n) is 2.83. The molecule has 1 fully saturated rings. The average Bonchev–Trinajstić information content (AvgIpc) is 2.33. The quantitative estimate of drug-likeness (QED) is 0.696. The molecule has 110 valence electrons. The number of carbonyl (C=O) groups excluding carboxylic acids is 2. The van der Waals surface area contributed by atoms with Crippen molar-refractivity contribution in [2.24, 2.45) is 11.3 Å². The molecule has 0 saturated heterocycles. The van der Waals surface area contributed by atoms with Crippen LogP contribution in [0.4, 0.5) is 0 Å². The van der Waals surface area contributed by atoms with Crippen LogP contribution in [0.3, 0.4) is 0 Å². The molecule has 19 heavy (non-hydrogen) atoms. The molecule has 0 radical (unpaired) electrons. The summed E-state index contributed by atoms with van der Waals surface area (Å²) in [6.07, 6.45) is 4.63. The normalized spacial score (nSPS) is 18.9. The fourth-order valence-corrected chi connectivity index (χ4v) is 2.83. The van der Waals surface area contributed by atoms with E-state index in [4.69, 9.17) is 9.47 Å². The van der Waals surface area contributed by atoms with E-state index in [1.54, 1.807) is 13.8 Å². The van der Waals surface area contributed by atoms with E-state index in [2.05, 4.69) is 6.92 Å². The second-order valence-electron chi connectivity index (χ2n) is 5.65. The second kappa shape index (κ2) is 7.51. The molecule has 4 nitrogen and oxygen atoms in total. The third-order valence-corrected chi connectivity index (χ3v) is 3.98. The van der Waals surface area contributed by atoms with E-state index in [1.165, 1.54) is 0 Å². The van der Waals surface area contributed by atoms with E-state index >= 15 is 0 Å². The van der Waals surface area contributed by atoms with Crippen molar-refractivity contribution in [3.63, 3.8) is 0 Å². The number of ether oxygens (including phenoxy) is 2. The third-order valence-electron chi connectivity index (χ3n) is 3.98. The number of hydrogen-bond donors (Lipinski definition) is 0. The largest absolute Gasteiger partial charge is 0.466 e. The van der Waals surface area contributed by atoms with Gasteiger partial charge in [-0.1, -0.05) is 19.8 Å². The minimum Gasteiger partial charge on any atom is -0.466 e. The van der Waals surface area contributed by atoms with Gasteiger partial charge in [0.25, 0.3) is 0 Å². The highest BCUT2D eigenvalue weighted by Gasteiger charge is 2.39. The van der Waals surface area contributed by atoms with Gasteiger partial charge in [-0.3, -0.25) is 9.59 Å². The molecule has 0 amide bonds. The Morgan fingerprint density at radius 3 is 1.79 bits per heavy atom. The van der Waals surface area contributed by atoms with Gasteiger partial charge in [0.1, 0.15) is 0 Å². The Morgan fingerprint density at radius 1 is 1.00 bits per heavy atom. The Morgan fingerprint density at radius 2 is 1.42 bits per heavy atom. The molecule has 1 saturated carbocycles. The highest BCUT2D eigenvalue weighted by Crippen LogP contribution is 2.44. The summed E-state index contributed by atoms with van der Waals surface area (Å²) in [7, 11) is 0. The predicted molar refractivity (Wildman–Crippen MR) is 72.6 cm³/mol. The number of esters is 2. The van der Waals surface area contributed by atoms with E-state index in [1.807, 2.05) is 0 Å². The van der Waals surface area contributed by atoms with Crippen LogP contribution in [0.1, 0.15) is 59.3 Å². The zero-order valence-corrected chi connectivity index (χ0v) is 12.4. The van der Waals surface area contributed by atoms with Crippen LogP contribution in [-0.4, -0.2) is 25.2 Å². The zero-order chi connectivity index (χ0) is 14.3. The standard InChI is InChI=1S/C15H26O4/c1-4-18-13(16)10-15(11-14(17)19-5-2)8-6-12(3)7-9-15/h12H,4-11H2,1-3H3. The van der Waals surface area contributed by atoms with Gasteiger partial charge in [0.15, 0.2) is 0 Å². The maximum atomic E-state index is 11.8. The SMILES string of the molecule is CCOC(=O)CC1(CC(=O)OCC)CCC(C)CC1. The Kier molecular flexibility index (Phi) is 6.32. The van der Waals surface area contributed by atoms with Crippen LogP contribution in [0.5, 0.6) is 0 Å². The monoisotopic (exact) mass is 270 g/mol. The number of carbonyl (C=O) groups is 2. The van der Waals surface area contributed by atoms with Gasteiger partial charge in [-0.15, -0.1) is 0 Å². The molecule has 0 heterocycles. The van der Waals surface area contributed by atoms with Crippen LogP contribution in [0.15, 0.2) is 0 Å². The fraction of sp³-hybridized carbons (Fsp3) is 0.867. The molecule has 0 aromatic carbocycles. The first-order valence-electron chi connectivity index (χ1n) is 7.32. The lowest BCUT2D eigenvalue weighted by Gasteiger charge is -2.38. The first-order valence-corrected chi connectivity index (χ1v) is 7.32. The van der Waals surface area contributed by atoms with E-state index in [0.29, 0.717) is 32.0 Å². The summed E-state index contributed by atoms with van der Waals surface area (Å²) in [6, 6.07) is 0. The molecule has 4 heteroatoms. The second-order valence-corrected chi connectivity index (χ2v) is 5.65. The van der Waals surface area contributed by atoms with E-state index < -0.39 is 0 Å². The summed E-state index contributed by atoms with van der Waals surface area (Å²) in [5.41, 5.74) is -0.245. The topological polar surface area (TPSA) is 52.6 Å². The van der Waals surface area contributed by atoms with Crippen molar-refractivity contribution in [1.82, 2.24) is 0 Å². The summed E-state index contributed by atoms with van der Waals surface area (Å²) in [5.74, 6) is 0.292. The van der Waals surface area contributed by atoms with Crippen LogP contribution in [0, 0.1) is 11.3 Å². The molecule has 0 atom stereocenters.